The molecule has 15 heteroatoms. The third kappa shape index (κ3) is 14.2. The lowest BCUT2D eigenvalue weighted by molar-refractivity contribution is -0.132. The molecule has 6 N–H and O–H groups in total. The zero-order valence-electron chi connectivity index (χ0n) is 20.6. The van der Waals surface area contributed by atoms with E-state index in [-0.39, 0.29) is 5.48 Å². The topological polar surface area (TPSA) is 174 Å². The second-order valence-electron chi connectivity index (χ2n) is 7.83. The van der Waals surface area contributed by atoms with E-state index in [0.29, 0.717) is 26.2 Å². The Bertz CT molecular complexity index is 545. The van der Waals surface area contributed by atoms with E-state index in [4.69, 9.17) is 52.4 Å². The molecule has 6 unspecified atom stereocenters. The highest BCUT2D eigenvalue weighted by molar-refractivity contribution is 6.20. The molecule has 0 aromatic carbocycles. The number of carbonyl (C=O) groups is 2. The Hall–Kier alpha value is -1.16. The summed E-state index contributed by atoms with van der Waals surface area (Å²) >= 11 is 11.4. The number of hydrogen-bond donors (Lipinski definition) is 4. The Kier molecular flexibility index (Phi) is 17.5. The van der Waals surface area contributed by atoms with Crippen LogP contribution in [0.3, 0.4) is 0 Å². The van der Waals surface area contributed by atoms with Crippen LogP contribution in [0, 0.1) is 0 Å². The molecule has 2 heterocycles. The number of aliphatic hydroxyl groups excluding tert-OH is 2. The number of ether oxygens (including phenoxy) is 4. The summed E-state index contributed by atoms with van der Waals surface area (Å²) in [6.07, 6.45) is -4.06. The Balaban J connectivity index is 0.000000642. The molecule has 2 rings (SSSR count). The van der Waals surface area contributed by atoms with Gasteiger partial charge in [-0.1, -0.05) is 23.2 Å². The molecular formula is C20H40Cl2N4O9. The lowest BCUT2D eigenvalue weighted by atomic mass is 10.4. The van der Waals surface area contributed by atoms with Crippen LogP contribution < -0.4 is 10.6 Å². The first kappa shape index (κ1) is 33.8. The van der Waals surface area contributed by atoms with E-state index in [0.717, 1.165) is 26.2 Å². The number of nitrogens with one attached hydrogen (secondary N) is 2. The van der Waals surface area contributed by atoms with Crippen molar-refractivity contribution in [3.8, 4) is 0 Å². The van der Waals surface area contributed by atoms with Crippen molar-refractivity contribution in [2.75, 3.05) is 52.4 Å². The van der Waals surface area contributed by atoms with Crippen LogP contribution in [0.2, 0.25) is 0 Å². The van der Waals surface area contributed by atoms with Gasteiger partial charge in [0.2, 0.25) is 12.6 Å². The van der Waals surface area contributed by atoms with Gasteiger partial charge in [-0.05, 0) is 27.7 Å². The van der Waals surface area contributed by atoms with Crippen molar-refractivity contribution in [2.24, 2.45) is 0 Å². The summed E-state index contributed by atoms with van der Waals surface area (Å²) in [5.41, 5.74) is -1.78. The minimum atomic E-state index is -0.888. The lowest BCUT2D eigenvalue weighted by Gasteiger charge is -2.28. The number of nitrogens with zero attached hydrogens (tertiary/aromatic N) is 2. The third-order valence-corrected chi connectivity index (χ3v) is 5.62. The summed E-state index contributed by atoms with van der Waals surface area (Å²) < 4.78 is 20.3. The molecule has 2 amide bonds. The zero-order valence-corrected chi connectivity index (χ0v) is 22.1. The smallest absolute Gasteiger partial charge is 0.412 e. The van der Waals surface area contributed by atoms with Crippen molar-refractivity contribution < 1.29 is 44.2 Å². The summed E-state index contributed by atoms with van der Waals surface area (Å²) in [7, 11) is 0. The molecule has 0 bridgehead atoms. The number of carbonyl (C=O) groups excluding carboxylic acids is 2. The van der Waals surface area contributed by atoms with Gasteiger partial charge in [0.1, 0.15) is 0 Å². The summed E-state index contributed by atoms with van der Waals surface area (Å²) in [5, 5.41) is 24.5. The highest BCUT2D eigenvalue weighted by Crippen LogP contribution is 2.11. The molecule has 6 atom stereocenters. The van der Waals surface area contributed by atoms with Crippen molar-refractivity contribution >= 4 is 35.4 Å². The van der Waals surface area contributed by atoms with Crippen molar-refractivity contribution in [3.05, 3.63) is 0 Å². The van der Waals surface area contributed by atoms with E-state index in [1.54, 1.807) is 23.6 Å². The number of alkyl halides is 2. The van der Waals surface area contributed by atoms with Crippen LogP contribution in [0.5, 0.6) is 0 Å². The van der Waals surface area contributed by atoms with Gasteiger partial charge in [-0.25, -0.2) is 9.59 Å². The number of hydrogen-bond acceptors (Lipinski definition) is 10. The molecule has 0 spiro atoms. The van der Waals surface area contributed by atoms with Crippen molar-refractivity contribution in [1.82, 2.24) is 20.4 Å². The SMILES string of the molecule is CC(OC(=O)N1CCNCC1)OC(Cl)C(C)O.CC(OC(=O)N1CCNCC1)OC(Cl)C(C)O.O. The summed E-state index contributed by atoms with van der Waals surface area (Å²) in [6, 6.07) is 0. The second kappa shape index (κ2) is 18.1. The molecule has 2 aliphatic rings. The molecule has 2 saturated heterocycles. The normalized spacial score (nSPS) is 21.1. The molecule has 0 aromatic heterocycles. The Morgan fingerprint density at radius 3 is 1.26 bits per heavy atom. The maximum Gasteiger partial charge on any atom is 0.412 e. The van der Waals surface area contributed by atoms with Gasteiger partial charge in [0, 0.05) is 52.4 Å². The van der Waals surface area contributed by atoms with Gasteiger partial charge in [0.15, 0.2) is 11.1 Å². The average Bonchev–Trinajstić information content (AvgIpc) is 2.80. The Morgan fingerprint density at radius 1 is 0.714 bits per heavy atom. The van der Waals surface area contributed by atoms with E-state index < -0.39 is 48.1 Å². The molecule has 0 saturated carbocycles. The molecule has 35 heavy (non-hydrogen) atoms. The standard InChI is InChI=1S/2C10H19ClN2O4.H2O/c2*1-7(14)9(11)16-8(2)17-10(15)13-5-3-12-4-6-13;/h2*7-9,12,14H,3-6H2,1-2H3;1H2. The number of piperazine rings is 2. The van der Waals surface area contributed by atoms with Gasteiger partial charge in [-0.3, -0.25) is 0 Å². The second-order valence-corrected chi connectivity index (χ2v) is 8.69. The third-order valence-electron chi connectivity index (χ3n) is 4.69. The van der Waals surface area contributed by atoms with E-state index in [9.17, 15) is 9.59 Å². The number of halogens is 2. The summed E-state index contributed by atoms with van der Waals surface area (Å²) in [5.74, 6) is 0. The zero-order chi connectivity index (χ0) is 25.7. The molecule has 2 fully saturated rings. The number of amides is 2. The van der Waals surface area contributed by atoms with Gasteiger partial charge < -0.3 is 55.1 Å². The van der Waals surface area contributed by atoms with Crippen molar-refractivity contribution in [2.45, 2.75) is 63.6 Å². The number of rotatable bonds is 8. The first-order valence-corrected chi connectivity index (χ1v) is 12.2. The fourth-order valence-electron chi connectivity index (χ4n) is 2.78. The van der Waals surface area contributed by atoms with Crippen molar-refractivity contribution in [3.63, 3.8) is 0 Å². The van der Waals surface area contributed by atoms with Crippen LogP contribution in [0.4, 0.5) is 9.59 Å². The van der Waals surface area contributed by atoms with E-state index >= 15 is 0 Å². The molecule has 13 nitrogen and oxygen atoms in total. The van der Waals surface area contributed by atoms with Gasteiger partial charge in [-0.2, -0.15) is 0 Å². The molecule has 2 aliphatic heterocycles. The highest BCUT2D eigenvalue weighted by atomic mass is 35.5. The summed E-state index contributed by atoms with van der Waals surface area (Å²) in [6.45, 7) is 11.6. The van der Waals surface area contributed by atoms with Gasteiger partial charge in [-0.15, -0.1) is 0 Å². The summed E-state index contributed by atoms with van der Waals surface area (Å²) in [4.78, 5) is 26.5. The van der Waals surface area contributed by atoms with Crippen molar-refractivity contribution in [1.29, 1.82) is 0 Å². The predicted molar refractivity (Wildman–Crippen MR) is 129 cm³/mol. The van der Waals surface area contributed by atoms with Crippen LogP contribution >= 0.6 is 23.2 Å². The maximum absolute atomic E-state index is 11.7. The van der Waals surface area contributed by atoms with Crippen LogP contribution in [0.25, 0.3) is 0 Å². The van der Waals surface area contributed by atoms with Crippen LogP contribution in [-0.4, -0.2) is 126 Å². The molecular weight excluding hydrogens is 511 g/mol. The largest absolute Gasteiger partial charge is 0.420 e. The van der Waals surface area contributed by atoms with Gasteiger partial charge in [0.25, 0.3) is 0 Å². The first-order valence-electron chi connectivity index (χ1n) is 11.3. The van der Waals surface area contributed by atoms with E-state index in [1.165, 1.54) is 13.8 Å². The fraction of sp³-hybridized carbons (Fsp3) is 0.900. The predicted octanol–water partition coefficient (Wildman–Crippen LogP) is -0.152. The Labute approximate surface area is 216 Å². The first-order chi connectivity index (χ1) is 16.0. The monoisotopic (exact) mass is 550 g/mol. The lowest BCUT2D eigenvalue weighted by Crippen LogP contribution is -2.47. The fourth-order valence-corrected chi connectivity index (χ4v) is 3.07. The van der Waals surface area contributed by atoms with Crippen LogP contribution in [-0.2, 0) is 18.9 Å². The Morgan fingerprint density at radius 2 is 1.00 bits per heavy atom. The highest BCUT2D eigenvalue weighted by Gasteiger charge is 2.24. The average molecular weight is 551 g/mol. The number of aliphatic hydroxyl groups is 2. The van der Waals surface area contributed by atoms with Crippen LogP contribution in [0.15, 0.2) is 0 Å². The van der Waals surface area contributed by atoms with E-state index in [2.05, 4.69) is 10.6 Å². The van der Waals surface area contributed by atoms with Gasteiger partial charge in [0.05, 0.1) is 12.2 Å². The van der Waals surface area contributed by atoms with E-state index in [1.807, 2.05) is 0 Å². The molecule has 0 aliphatic carbocycles. The molecule has 0 radical (unpaired) electrons. The minimum absolute atomic E-state index is 0. The van der Waals surface area contributed by atoms with Crippen LogP contribution in [0.1, 0.15) is 27.7 Å². The quantitative estimate of drug-likeness (QED) is 0.235. The van der Waals surface area contributed by atoms with Gasteiger partial charge >= 0.3 is 12.2 Å². The maximum atomic E-state index is 11.7. The molecule has 0 aromatic rings. The molecule has 208 valence electrons. The minimum Gasteiger partial charge on any atom is -0.420 e.